The number of nitrogens with one attached hydrogen (secondary N) is 1. The molecule has 106 valence electrons. The highest BCUT2D eigenvalue weighted by molar-refractivity contribution is 9.10. The van der Waals surface area contributed by atoms with E-state index in [0.29, 0.717) is 18.0 Å². The van der Waals surface area contributed by atoms with Crippen LogP contribution in [0.15, 0.2) is 40.9 Å². The Labute approximate surface area is 125 Å². The lowest BCUT2D eigenvalue weighted by Gasteiger charge is -2.13. The molecule has 3 nitrogen and oxygen atoms in total. The van der Waals surface area contributed by atoms with Crippen LogP contribution in [0.1, 0.15) is 5.56 Å². The highest BCUT2D eigenvalue weighted by atomic mass is 79.9. The van der Waals surface area contributed by atoms with Gasteiger partial charge in [0.05, 0.1) is 11.6 Å². The normalized spacial score (nSPS) is 10.4. The second-order valence-electron chi connectivity index (χ2n) is 4.18. The Balaban J connectivity index is 2.29. The van der Waals surface area contributed by atoms with Gasteiger partial charge in [-0.2, -0.15) is 0 Å². The molecule has 1 N–H and O–H groups in total. The molecule has 0 radical (unpaired) electrons. The molecule has 2 aromatic carbocycles. The zero-order valence-electron chi connectivity index (χ0n) is 11.2. The number of hydrogen-bond acceptors (Lipinski definition) is 3. The number of benzene rings is 2. The fourth-order valence-electron chi connectivity index (χ4n) is 1.79. The third kappa shape index (κ3) is 3.49. The van der Waals surface area contributed by atoms with Crippen LogP contribution in [0.5, 0.6) is 17.2 Å². The third-order valence-electron chi connectivity index (χ3n) is 2.75. The Kier molecular flexibility index (Phi) is 4.98. The predicted octanol–water partition coefficient (Wildman–Crippen LogP) is 4.11. The van der Waals surface area contributed by atoms with Crippen LogP contribution < -0.4 is 14.8 Å². The van der Waals surface area contributed by atoms with Crippen molar-refractivity contribution in [1.82, 2.24) is 5.32 Å². The van der Waals surface area contributed by atoms with E-state index in [1.54, 1.807) is 32.4 Å². The van der Waals surface area contributed by atoms with Crippen LogP contribution >= 0.6 is 15.9 Å². The van der Waals surface area contributed by atoms with Crippen molar-refractivity contribution < 1.29 is 13.9 Å². The minimum absolute atomic E-state index is 0.281. The second-order valence-corrected chi connectivity index (χ2v) is 5.04. The van der Waals surface area contributed by atoms with Crippen molar-refractivity contribution in [3.8, 4) is 17.2 Å². The number of methoxy groups -OCH3 is 1. The van der Waals surface area contributed by atoms with Gasteiger partial charge in [-0.05, 0) is 59.4 Å². The summed E-state index contributed by atoms with van der Waals surface area (Å²) in [5.41, 5.74) is 0.759. The molecule has 5 heteroatoms. The smallest absolute Gasteiger partial charge is 0.141 e. The Bertz CT molecular complexity index is 604. The van der Waals surface area contributed by atoms with Gasteiger partial charge < -0.3 is 14.8 Å². The van der Waals surface area contributed by atoms with Gasteiger partial charge in [-0.3, -0.25) is 0 Å². The van der Waals surface area contributed by atoms with Gasteiger partial charge in [0.1, 0.15) is 23.1 Å². The maximum absolute atomic E-state index is 13.3. The molecule has 0 heterocycles. The van der Waals surface area contributed by atoms with Crippen LogP contribution in [0.4, 0.5) is 4.39 Å². The maximum Gasteiger partial charge on any atom is 0.141 e. The van der Waals surface area contributed by atoms with E-state index < -0.39 is 0 Å². The van der Waals surface area contributed by atoms with Crippen molar-refractivity contribution in [3.63, 3.8) is 0 Å². The van der Waals surface area contributed by atoms with Crippen molar-refractivity contribution >= 4 is 15.9 Å². The molecule has 0 saturated heterocycles. The molecule has 2 rings (SSSR count). The molecule has 2 aromatic rings. The fourth-order valence-corrected chi connectivity index (χ4v) is 2.22. The molecule has 0 atom stereocenters. The standard InChI is InChI=1S/C15H15BrFNO2/c1-18-9-10-7-11(17)3-5-14(10)20-15-6-4-12(19-2)8-13(15)16/h3-8,18H,9H2,1-2H3. The molecule has 0 amide bonds. The Morgan fingerprint density at radius 1 is 1.15 bits per heavy atom. The molecule has 0 fully saturated rings. The van der Waals surface area contributed by atoms with Crippen LogP contribution in [-0.2, 0) is 6.54 Å². The average molecular weight is 340 g/mol. The summed E-state index contributed by atoms with van der Waals surface area (Å²) in [5.74, 6) is 1.72. The van der Waals surface area contributed by atoms with Crippen molar-refractivity contribution in [1.29, 1.82) is 0 Å². The fraction of sp³-hybridized carbons (Fsp3) is 0.200. The molecule has 0 unspecified atom stereocenters. The lowest BCUT2D eigenvalue weighted by Crippen LogP contribution is -2.06. The van der Waals surface area contributed by atoms with Gasteiger partial charge >= 0.3 is 0 Å². The highest BCUT2D eigenvalue weighted by Gasteiger charge is 2.09. The summed E-state index contributed by atoms with van der Waals surface area (Å²) in [4.78, 5) is 0. The zero-order valence-corrected chi connectivity index (χ0v) is 12.8. The quantitative estimate of drug-likeness (QED) is 0.889. The van der Waals surface area contributed by atoms with Crippen LogP contribution in [0.2, 0.25) is 0 Å². The highest BCUT2D eigenvalue weighted by Crippen LogP contribution is 2.34. The molecule has 0 aliphatic rings. The van der Waals surface area contributed by atoms with E-state index in [4.69, 9.17) is 9.47 Å². The van der Waals surface area contributed by atoms with Crippen LogP contribution in [0.3, 0.4) is 0 Å². The van der Waals surface area contributed by atoms with Gasteiger partial charge in [-0.25, -0.2) is 4.39 Å². The second kappa shape index (κ2) is 6.72. The Morgan fingerprint density at radius 3 is 2.55 bits per heavy atom. The summed E-state index contributed by atoms with van der Waals surface area (Å²) in [5, 5.41) is 2.99. The topological polar surface area (TPSA) is 30.5 Å². The first-order chi connectivity index (χ1) is 9.63. The van der Waals surface area contributed by atoms with E-state index in [0.717, 1.165) is 15.8 Å². The number of ether oxygens (including phenoxy) is 2. The largest absolute Gasteiger partial charge is 0.497 e. The Hall–Kier alpha value is -1.59. The number of hydrogen-bond donors (Lipinski definition) is 1. The molecule has 20 heavy (non-hydrogen) atoms. The van der Waals surface area contributed by atoms with Gasteiger partial charge in [-0.1, -0.05) is 0 Å². The number of rotatable bonds is 5. The summed E-state index contributed by atoms with van der Waals surface area (Å²) in [6.07, 6.45) is 0. The number of halogens is 2. The van der Waals surface area contributed by atoms with Crippen molar-refractivity contribution in [2.75, 3.05) is 14.2 Å². The first-order valence-corrected chi connectivity index (χ1v) is 6.87. The molecule has 0 spiro atoms. The summed E-state index contributed by atoms with van der Waals surface area (Å²) in [6, 6.07) is 9.89. The van der Waals surface area contributed by atoms with Crippen molar-refractivity contribution in [2.45, 2.75) is 6.54 Å². The lowest BCUT2D eigenvalue weighted by molar-refractivity contribution is 0.412. The molecule has 0 aromatic heterocycles. The maximum atomic E-state index is 13.3. The van der Waals surface area contributed by atoms with Crippen LogP contribution in [-0.4, -0.2) is 14.2 Å². The van der Waals surface area contributed by atoms with E-state index in [1.165, 1.54) is 12.1 Å². The SMILES string of the molecule is CNCc1cc(F)ccc1Oc1ccc(OC)cc1Br. The molecule has 0 saturated carbocycles. The summed E-state index contributed by atoms with van der Waals surface area (Å²) in [7, 11) is 3.41. The first kappa shape index (κ1) is 14.8. The molecule has 0 aliphatic carbocycles. The molecule has 0 aliphatic heterocycles. The van der Waals surface area contributed by atoms with Gasteiger partial charge in [0.2, 0.25) is 0 Å². The summed E-state index contributed by atoms with van der Waals surface area (Å²) in [6.45, 7) is 0.529. The summed E-state index contributed by atoms with van der Waals surface area (Å²) >= 11 is 3.43. The van der Waals surface area contributed by atoms with E-state index >= 15 is 0 Å². The lowest BCUT2D eigenvalue weighted by atomic mass is 10.2. The molecular formula is C15H15BrFNO2. The monoisotopic (exact) mass is 339 g/mol. The Morgan fingerprint density at radius 2 is 1.90 bits per heavy atom. The summed E-state index contributed by atoms with van der Waals surface area (Å²) < 4.78 is 25.0. The van der Waals surface area contributed by atoms with Gasteiger partial charge in [0.15, 0.2) is 0 Å². The zero-order chi connectivity index (χ0) is 14.5. The van der Waals surface area contributed by atoms with E-state index in [1.807, 2.05) is 6.07 Å². The minimum Gasteiger partial charge on any atom is -0.497 e. The first-order valence-electron chi connectivity index (χ1n) is 6.08. The predicted molar refractivity (Wildman–Crippen MR) is 79.9 cm³/mol. The third-order valence-corrected chi connectivity index (χ3v) is 3.37. The van der Waals surface area contributed by atoms with Crippen molar-refractivity contribution in [3.05, 3.63) is 52.3 Å². The van der Waals surface area contributed by atoms with Gasteiger partial charge in [0, 0.05) is 12.1 Å². The average Bonchev–Trinajstić information content (AvgIpc) is 2.44. The van der Waals surface area contributed by atoms with E-state index in [-0.39, 0.29) is 5.82 Å². The van der Waals surface area contributed by atoms with E-state index in [2.05, 4.69) is 21.2 Å². The molecular weight excluding hydrogens is 325 g/mol. The van der Waals surface area contributed by atoms with Gasteiger partial charge in [-0.15, -0.1) is 0 Å². The van der Waals surface area contributed by atoms with Crippen LogP contribution in [0, 0.1) is 5.82 Å². The minimum atomic E-state index is -0.281. The molecule has 0 bridgehead atoms. The van der Waals surface area contributed by atoms with Gasteiger partial charge in [0.25, 0.3) is 0 Å². The van der Waals surface area contributed by atoms with Crippen LogP contribution in [0.25, 0.3) is 0 Å². The van der Waals surface area contributed by atoms with Crippen molar-refractivity contribution in [2.24, 2.45) is 0 Å². The van der Waals surface area contributed by atoms with E-state index in [9.17, 15) is 4.39 Å².